The van der Waals surface area contributed by atoms with Gasteiger partial charge in [-0.1, -0.05) is 12.1 Å². The fourth-order valence-electron chi connectivity index (χ4n) is 1.86. The highest BCUT2D eigenvalue weighted by molar-refractivity contribution is 5.32. The summed E-state index contributed by atoms with van der Waals surface area (Å²) in [5.74, 6) is 0. The van der Waals surface area contributed by atoms with Gasteiger partial charge in [-0.25, -0.2) is 0 Å². The molecule has 1 heterocycles. The molecule has 1 aliphatic heterocycles. The fourth-order valence-corrected chi connectivity index (χ4v) is 1.86. The minimum Gasteiger partial charge on any atom is -0.351 e. The van der Waals surface area contributed by atoms with Gasteiger partial charge in [-0.2, -0.15) is 5.06 Å². The van der Waals surface area contributed by atoms with Crippen LogP contribution in [-0.2, 0) is 16.1 Å². The number of nitro benzene ring substituents is 1. The van der Waals surface area contributed by atoms with Crippen LogP contribution in [0.4, 0.5) is 5.69 Å². The molecule has 1 fully saturated rings. The molecular weight excluding hydrogens is 236 g/mol. The normalized spacial score (nSPS) is 20.2. The Labute approximate surface area is 105 Å². The van der Waals surface area contributed by atoms with Gasteiger partial charge in [-0.3, -0.25) is 15.0 Å². The molecule has 18 heavy (non-hydrogen) atoms. The van der Waals surface area contributed by atoms with Crippen LogP contribution in [-0.4, -0.2) is 29.4 Å². The minimum absolute atomic E-state index is 0.105. The Kier molecular flexibility index (Phi) is 4.24. The first-order valence-corrected chi connectivity index (χ1v) is 5.95. The van der Waals surface area contributed by atoms with Crippen LogP contribution in [0.1, 0.15) is 18.9 Å². The molecule has 0 N–H and O–H groups in total. The summed E-state index contributed by atoms with van der Waals surface area (Å²) in [7, 11) is 0. The Bertz CT molecular complexity index is 407. The molecular formula is C12H16N2O4. The molecule has 0 aliphatic carbocycles. The maximum absolute atomic E-state index is 10.5. The molecule has 0 radical (unpaired) electrons. The first kappa shape index (κ1) is 12.9. The minimum atomic E-state index is -0.402. The summed E-state index contributed by atoms with van der Waals surface area (Å²) in [6.07, 6.45) is 0.689. The van der Waals surface area contributed by atoms with Gasteiger partial charge in [0.2, 0.25) is 0 Å². The molecule has 0 amide bonds. The van der Waals surface area contributed by atoms with Crippen LogP contribution in [0.3, 0.4) is 0 Å². The zero-order chi connectivity index (χ0) is 13.0. The van der Waals surface area contributed by atoms with Crippen LogP contribution in [0, 0.1) is 10.1 Å². The number of rotatable bonds is 5. The first-order chi connectivity index (χ1) is 8.69. The Balaban J connectivity index is 1.88. The lowest BCUT2D eigenvalue weighted by Crippen LogP contribution is -2.20. The van der Waals surface area contributed by atoms with Crippen molar-refractivity contribution in [2.45, 2.75) is 26.2 Å². The van der Waals surface area contributed by atoms with E-state index in [1.807, 2.05) is 12.0 Å². The summed E-state index contributed by atoms with van der Waals surface area (Å²) in [6.45, 7) is 3.99. The van der Waals surface area contributed by atoms with Gasteiger partial charge in [0.15, 0.2) is 6.29 Å². The van der Waals surface area contributed by atoms with Crippen molar-refractivity contribution in [3.63, 3.8) is 0 Å². The lowest BCUT2D eigenvalue weighted by Gasteiger charge is -2.15. The average molecular weight is 252 g/mol. The van der Waals surface area contributed by atoms with Crippen molar-refractivity contribution in [2.24, 2.45) is 0 Å². The Morgan fingerprint density at radius 2 is 2.22 bits per heavy atom. The van der Waals surface area contributed by atoms with Gasteiger partial charge >= 0.3 is 0 Å². The summed E-state index contributed by atoms with van der Waals surface area (Å²) in [5.41, 5.74) is 1.09. The molecule has 1 aliphatic rings. The molecule has 0 bridgehead atoms. The van der Waals surface area contributed by atoms with Crippen molar-refractivity contribution in [3.05, 3.63) is 39.9 Å². The summed E-state index contributed by atoms with van der Waals surface area (Å²) < 4.78 is 5.37. The van der Waals surface area contributed by atoms with E-state index in [9.17, 15) is 10.1 Å². The van der Waals surface area contributed by atoms with Crippen LogP contribution in [0.5, 0.6) is 0 Å². The summed E-state index contributed by atoms with van der Waals surface area (Å²) in [4.78, 5) is 15.7. The second-order valence-corrected chi connectivity index (χ2v) is 4.07. The second-order valence-electron chi connectivity index (χ2n) is 4.07. The fraction of sp³-hybridized carbons (Fsp3) is 0.500. The Morgan fingerprint density at radius 3 is 2.83 bits per heavy atom. The average Bonchev–Trinajstić information content (AvgIpc) is 2.78. The second kappa shape index (κ2) is 5.90. The van der Waals surface area contributed by atoms with E-state index in [1.54, 1.807) is 12.1 Å². The summed E-state index contributed by atoms with van der Waals surface area (Å²) in [6, 6.07) is 6.50. The van der Waals surface area contributed by atoms with Gasteiger partial charge < -0.3 is 4.74 Å². The molecule has 1 saturated heterocycles. The van der Waals surface area contributed by atoms with E-state index in [4.69, 9.17) is 9.57 Å². The number of hydrogen-bond donors (Lipinski definition) is 0. The highest BCUT2D eigenvalue weighted by Gasteiger charge is 2.23. The molecule has 1 aromatic rings. The van der Waals surface area contributed by atoms with Crippen molar-refractivity contribution in [1.82, 2.24) is 5.06 Å². The Morgan fingerprint density at radius 1 is 1.50 bits per heavy atom. The summed E-state index contributed by atoms with van der Waals surface area (Å²) >= 11 is 0. The van der Waals surface area contributed by atoms with E-state index < -0.39 is 4.92 Å². The van der Waals surface area contributed by atoms with Crippen LogP contribution in [0.15, 0.2) is 24.3 Å². The molecule has 98 valence electrons. The predicted octanol–water partition coefficient (Wildman–Crippen LogP) is 2.09. The van der Waals surface area contributed by atoms with Gasteiger partial charge in [0, 0.05) is 38.2 Å². The number of hydrogen-bond acceptors (Lipinski definition) is 5. The van der Waals surface area contributed by atoms with Gasteiger partial charge in [0.1, 0.15) is 0 Å². The van der Waals surface area contributed by atoms with Gasteiger partial charge in [-0.15, -0.1) is 0 Å². The molecule has 0 aromatic heterocycles. The number of nitrogens with zero attached hydrogens (tertiary/aromatic N) is 2. The molecule has 2 rings (SSSR count). The quantitative estimate of drug-likeness (QED) is 0.593. The van der Waals surface area contributed by atoms with Gasteiger partial charge in [-0.05, 0) is 12.5 Å². The Hall–Kier alpha value is -1.50. The van der Waals surface area contributed by atoms with E-state index in [-0.39, 0.29) is 12.0 Å². The molecule has 6 heteroatoms. The predicted molar refractivity (Wildman–Crippen MR) is 64.6 cm³/mol. The number of non-ortho nitro benzene ring substituents is 1. The van der Waals surface area contributed by atoms with E-state index in [0.717, 1.165) is 18.5 Å². The van der Waals surface area contributed by atoms with Crippen molar-refractivity contribution in [1.29, 1.82) is 0 Å². The number of hydroxylamine groups is 2. The van der Waals surface area contributed by atoms with E-state index >= 15 is 0 Å². The van der Waals surface area contributed by atoms with Crippen molar-refractivity contribution < 1.29 is 14.5 Å². The first-order valence-electron chi connectivity index (χ1n) is 5.95. The van der Waals surface area contributed by atoms with Crippen molar-refractivity contribution in [2.75, 3.05) is 13.2 Å². The maximum atomic E-state index is 10.5. The largest absolute Gasteiger partial charge is 0.351 e. The zero-order valence-corrected chi connectivity index (χ0v) is 10.2. The van der Waals surface area contributed by atoms with E-state index in [0.29, 0.717) is 13.2 Å². The molecule has 6 nitrogen and oxygen atoms in total. The van der Waals surface area contributed by atoms with Gasteiger partial charge in [0.05, 0.1) is 4.92 Å². The topological polar surface area (TPSA) is 64.8 Å². The molecule has 1 aromatic carbocycles. The number of ether oxygens (including phenoxy) is 1. The van der Waals surface area contributed by atoms with Crippen LogP contribution in [0.2, 0.25) is 0 Å². The SMILES string of the molecule is CCOC1CCN(Cc2ccc([N+](=O)[O-])cc2)O1. The lowest BCUT2D eigenvalue weighted by molar-refractivity contribution is -0.384. The third kappa shape index (κ3) is 3.25. The smallest absolute Gasteiger partial charge is 0.269 e. The number of benzene rings is 1. The third-order valence-electron chi connectivity index (χ3n) is 2.74. The monoisotopic (exact) mass is 252 g/mol. The molecule has 1 atom stereocenters. The summed E-state index contributed by atoms with van der Waals surface area (Å²) in [5, 5.41) is 12.3. The molecule has 0 spiro atoms. The van der Waals surface area contributed by atoms with Crippen molar-refractivity contribution in [3.8, 4) is 0 Å². The lowest BCUT2D eigenvalue weighted by atomic mass is 10.2. The van der Waals surface area contributed by atoms with E-state index in [1.165, 1.54) is 12.1 Å². The van der Waals surface area contributed by atoms with Crippen LogP contribution >= 0.6 is 0 Å². The van der Waals surface area contributed by atoms with Gasteiger partial charge in [0.25, 0.3) is 5.69 Å². The molecule has 1 unspecified atom stereocenters. The maximum Gasteiger partial charge on any atom is 0.269 e. The number of nitro groups is 1. The zero-order valence-electron chi connectivity index (χ0n) is 10.2. The standard InChI is InChI=1S/C12H16N2O4/c1-2-17-12-7-8-13(18-12)9-10-3-5-11(6-4-10)14(15)16/h3-6,12H,2,7-9H2,1H3. The van der Waals surface area contributed by atoms with Crippen LogP contribution < -0.4 is 0 Å². The van der Waals surface area contributed by atoms with Crippen LogP contribution in [0.25, 0.3) is 0 Å². The highest BCUT2D eigenvalue weighted by Crippen LogP contribution is 2.19. The van der Waals surface area contributed by atoms with E-state index in [2.05, 4.69) is 0 Å². The molecule has 0 saturated carbocycles. The third-order valence-corrected chi connectivity index (χ3v) is 2.74. The highest BCUT2D eigenvalue weighted by atomic mass is 16.8. The van der Waals surface area contributed by atoms with Crippen molar-refractivity contribution >= 4 is 5.69 Å².